The summed E-state index contributed by atoms with van der Waals surface area (Å²) in [7, 11) is 1.42. The van der Waals surface area contributed by atoms with Gasteiger partial charge in [-0.3, -0.25) is 19.3 Å². The van der Waals surface area contributed by atoms with Gasteiger partial charge in [0.05, 0.1) is 19.1 Å². The third-order valence-electron chi connectivity index (χ3n) is 4.53. The number of halogens is 1. The first-order chi connectivity index (χ1) is 16.7. The number of β-lactam (4-membered cyclic amide) rings is 1. The molecule has 0 saturated carbocycles. The van der Waals surface area contributed by atoms with E-state index in [1.807, 2.05) is 0 Å². The second-order valence-electron chi connectivity index (χ2n) is 6.93. The second kappa shape index (κ2) is 13.3. The van der Waals surface area contributed by atoms with Crippen LogP contribution in [0.4, 0.5) is 4.79 Å². The Morgan fingerprint density at radius 2 is 1.94 bits per heavy atom. The number of nitrogens with zero attached hydrogens (tertiary/aromatic N) is 2. The Labute approximate surface area is 210 Å². The molecule has 3 atom stereocenters. The van der Waals surface area contributed by atoms with Gasteiger partial charge in [0.25, 0.3) is 11.8 Å². The highest BCUT2D eigenvalue weighted by atomic mass is 35.5. The van der Waals surface area contributed by atoms with Gasteiger partial charge in [0.2, 0.25) is 17.8 Å². The van der Waals surface area contributed by atoms with Crippen LogP contribution in [0.5, 0.6) is 0 Å². The van der Waals surface area contributed by atoms with Gasteiger partial charge in [0.1, 0.15) is 23.7 Å². The summed E-state index contributed by atoms with van der Waals surface area (Å²) in [5.41, 5.74) is -0.185. The maximum absolute atomic E-state index is 12.9. The number of esters is 1. The van der Waals surface area contributed by atoms with Gasteiger partial charge < -0.3 is 29.1 Å². The van der Waals surface area contributed by atoms with Crippen molar-refractivity contribution in [2.45, 2.75) is 38.5 Å². The zero-order chi connectivity index (χ0) is 26.1. The highest BCUT2D eigenvalue weighted by molar-refractivity contribution is 8.00. The number of carbonyl (C=O) groups is 5. The lowest BCUT2D eigenvalue weighted by Gasteiger charge is -2.49. The van der Waals surface area contributed by atoms with E-state index >= 15 is 0 Å². The lowest BCUT2D eigenvalue weighted by molar-refractivity contribution is -0.169. The maximum Gasteiger partial charge on any atom is 0.511 e. The number of nitrogens with one attached hydrogen (secondary N) is 1. The third kappa shape index (κ3) is 6.86. The normalized spacial score (nSPS) is 20.3. The quantitative estimate of drug-likeness (QED) is 0.0707. The van der Waals surface area contributed by atoms with Crippen molar-refractivity contribution in [2.75, 3.05) is 38.6 Å². The molecule has 2 rings (SSSR count). The Balaban J connectivity index is 2.18. The molecular formula is C20H26ClN3O10S. The van der Waals surface area contributed by atoms with Crippen molar-refractivity contribution in [3.8, 4) is 0 Å². The van der Waals surface area contributed by atoms with E-state index in [1.165, 1.54) is 25.8 Å². The van der Waals surface area contributed by atoms with Crippen LogP contribution in [-0.2, 0) is 43.0 Å². The first kappa shape index (κ1) is 28.4. The van der Waals surface area contributed by atoms with Crippen molar-refractivity contribution in [3.05, 3.63) is 11.3 Å². The average molecular weight is 536 g/mol. The predicted molar refractivity (Wildman–Crippen MR) is 122 cm³/mol. The topological polar surface area (TPSA) is 159 Å². The molecule has 0 aliphatic carbocycles. The van der Waals surface area contributed by atoms with Crippen LogP contribution in [0.25, 0.3) is 0 Å². The van der Waals surface area contributed by atoms with Gasteiger partial charge in [-0.25, -0.2) is 9.59 Å². The summed E-state index contributed by atoms with van der Waals surface area (Å²) in [6, 6.07) is -1.05. The largest absolute Gasteiger partial charge is 0.511 e. The van der Waals surface area contributed by atoms with Crippen molar-refractivity contribution in [1.29, 1.82) is 0 Å². The first-order valence-electron chi connectivity index (χ1n) is 10.5. The number of methoxy groups -OCH3 is 1. The summed E-state index contributed by atoms with van der Waals surface area (Å²) in [6.45, 7) is 4.73. The Bertz CT molecular complexity index is 925. The molecule has 2 unspecified atom stereocenters. The molecule has 2 amide bonds. The first-order valence-corrected chi connectivity index (χ1v) is 12.1. The molecule has 1 fully saturated rings. The number of alkyl halides is 1. The molecule has 13 nitrogen and oxygen atoms in total. The van der Waals surface area contributed by atoms with E-state index in [4.69, 9.17) is 30.6 Å². The molecular weight excluding hydrogens is 510 g/mol. The van der Waals surface area contributed by atoms with E-state index in [0.29, 0.717) is 5.57 Å². The minimum atomic E-state index is -1.29. The molecule has 0 aromatic carbocycles. The van der Waals surface area contributed by atoms with Crippen molar-refractivity contribution < 1.29 is 47.8 Å². The van der Waals surface area contributed by atoms with Crippen LogP contribution in [0.1, 0.15) is 20.8 Å². The minimum absolute atomic E-state index is 0.0352. The highest BCUT2D eigenvalue weighted by Gasteiger charge is 2.55. The van der Waals surface area contributed by atoms with Crippen LogP contribution in [0, 0.1) is 0 Å². The molecule has 1 saturated heterocycles. The molecule has 35 heavy (non-hydrogen) atoms. The number of carbonyl (C=O) groups excluding carboxylic acids is 5. The van der Waals surface area contributed by atoms with E-state index in [9.17, 15) is 24.0 Å². The SMILES string of the molecule is CCON=C(C(=O)CCl)C(=O)NC1C(=O)N2C(C(=O)OC(C)OC(=O)OCC)=C(COC)CS[C@@H]12. The zero-order valence-corrected chi connectivity index (χ0v) is 21.1. The monoisotopic (exact) mass is 535 g/mol. The van der Waals surface area contributed by atoms with Crippen LogP contribution in [-0.4, -0.2) is 96.6 Å². The molecule has 0 spiro atoms. The molecule has 2 aliphatic rings. The van der Waals surface area contributed by atoms with Gasteiger partial charge in [-0.1, -0.05) is 5.16 Å². The molecule has 0 aromatic heterocycles. The summed E-state index contributed by atoms with van der Waals surface area (Å²) in [4.78, 5) is 67.8. The summed E-state index contributed by atoms with van der Waals surface area (Å²) in [5.74, 6) is -3.48. The van der Waals surface area contributed by atoms with Crippen molar-refractivity contribution >= 4 is 58.8 Å². The van der Waals surface area contributed by atoms with Gasteiger partial charge in [0.15, 0.2) is 0 Å². The van der Waals surface area contributed by atoms with E-state index in [-0.39, 0.29) is 31.3 Å². The summed E-state index contributed by atoms with van der Waals surface area (Å²) >= 11 is 6.80. The standard InChI is InChI=1S/C20H26ClN3O10S/c1-5-31-20(29)34-10(3)33-19(28)15-11(8-30-4)9-35-18-14(17(27)24(15)18)22-16(26)13(12(25)7-21)23-32-6-2/h10,14,18H,5-9H2,1-4H3,(H,22,26)/t10?,14?,18-/m0/s1. The van der Waals surface area contributed by atoms with Crippen LogP contribution in [0.3, 0.4) is 0 Å². The van der Waals surface area contributed by atoms with Crippen molar-refractivity contribution in [2.24, 2.45) is 5.16 Å². The fourth-order valence-corrected chi connectivity index (χ4v) is 4.55. The number of rotatable bonds is 12. The minimum Gasteiger partial charge on any atom is -0.435 e. The zero-order valence-electron chi connectivity index (χ0n) is 19.5. The van der Waals surface area contributed by atoms with E-state index in [1.54, 1.807) is 13.8 Å². The van der Waals surface area contributed by atoms with Gasteiger partial charge in [0, 0.05) is 19.8 Å². The molecule has 15 heteroatoms. The maximum atomic E-state index is 12.9. The highest BCUT2D eigenvalue weighted by Crippen LogP contribution is 2.40. The Morgan fingerprint density at radius 1 is 1.23 bits per heavy atom. The van der Waals surface area contributed by atoms with Crippen LogP contribution < -0.4 is 5.32 Å². The van der Waals surface area contributed by atoms with E-state index in [2.05, 4.69) is 15.2 Å². The lowest BCUT2D eigenvalue weighted by Crippen LogP contribution is -2.71. The van der Waals surface area contributed by atoms with Gasteiger partial charge in [-0.2, -0.15) is 0 Å². The smallest absolute Gasteiger partial charge is 0.435 e. The van der Waals surface area contributed by atoms with Crippen molar-refractivity contribution in [3.63, 3.8) is 0 Å². The number of fused-ring (bicyclic) bond motifs is 1. The molecule has 1 N–H and O–H groups in total. The van der Waals surface area contributed by atoms with E-state index < -0.39 is 59.0 Å². The number of hydrogen-bond acceptors (Lipinski definition) is 12. The van der Waals surface area contributed by atoms with Crippen molar-refractivity contribution in [1.82, 2.24) is 10.2 Å². The lowest BCUT2D eigenvalue weighted by atomic mass is 10.0. The number of ketones is 1. The number of hydrogen-bond donors (Lipinski definition) is 1. The van der Waals surface area contributed by atoms with Gasteiger partial charge in [-0.05, 0) is 19.4 Å². The molecule has 194 valence electrons. The Hall–Kier alpha value is -2.84. The van der Waals surface area contributed by atoms with Crippen LogP contribution in [0.15, 0.2) is 16.4 Å². The number of amides is 2. The number of thioether (sulfide) groups is 1. The van der Waals surface area contributed by atoms with Gasteiger partial charge >= 0.3 is 12.1 Å². The molecule has 2 aliphatic heterocycles. The molecule has 0 aromatic rings. The number of ether oxygens (including phenoxy) is 4. The third-order valence-corrected chi connectivity index (χ3v) is 6.11. The molecule has 0 bridgehead atoms. The fraction of sp³-hybridized carbons (Fsp3) is 0.600. The molecule has 0 radical (unpaired) electrons. The van der Waals surface area contributed by atoms with Crippen LogP contribution >= 0.6 is 23.4 Å². The summed E-state index contributed by atoms with van der Waals surface area (Å²) in [6.07, 6.45) is -2.31. The predicted octanol–water partition coefficient (Wildman–Crippen LogP) is 0.550. The Morgan fingerprint density at radius 3 is 2.54 bits per heavy atom. The Kier molecular flexibility index (Phi) is 10.8. The average Bonchev–Trinajstić information content (AvgIpc) is 2.82. The summed E-state index contributed by atoms with van der Waals surface area (Å²) < 4.78 is 19.8. The van der Waals surface area contributed by atoms with Crippen LogP contribution in [0.2, 0.25) is 0 Å². The fourth-order valence-electron chi connectivity index (χ4n) is 3.10. The number of Topliss-reactive ketones (excluding diaryl/α,β-unsaturated/α-hetero) is 1. The van der Waals surface area contributed by atoms with Gasteiger partial charge in [-0.15, -0.1) is 23.4 Å². The number of oxime groups is 1. The summed E-state index contributed by atoms with van der Waals surface area (Å²) in [5, 5.41) is 5.26. The molecule has 2 heterocycles. The second-order valence-corrected chi connectivity index (χ2v) is 8.31. The van der Waals surface area contributed by atoms with E-state index in [0.717, 1.165) is 4.90 Å².